The molecule has 1 fully saturated rings. The molecule has 2 aromatic carbocycles. The fourth-order valence-electron chi connectivity index (χ4n) is 2.78. The van der Waals surface area contributed by atoms with Crippen molar-refractivity contribution in [3.05, 3.63) is 82.8 Å². The summed E-state index contributed by atoms with van der Waals surface area (Å²) in [4.78, 5) is 26.4. The van der Waals surface area contributed by atoms with E-state index in [1.807, 2.05) is 36.4 Å². The van der Waals surface area contributed by atoms with E-state index in [0.29, 0.717) is 9.23 Å². The molecular weight excluding hydrogens is 445 g/mol. The number of hydrogen-bond donors (Lipinski definition) is 1. The SMILES string of the molecule is O=C(CCN1C(=O)C(=CC=Cc2ccccc2)SC1=S)Nc1ccccc1C(F)(F)F. The van der Waals surface area contributed by atoms with Gasteiger partial charge in [0, 0.05) is 13.0 Å². The summed E-state index contributed by atoms with van der Waals surface area (Å²) in [6.07, 6.45) is 0.457. The highest BCUT2D eigenvalue weighted by atomic mass is 32.2. The molecule has 31 heavy (non-hydrogen) atoms. The summed E-state index contributed by atoms with van der Waals surface area (Å²) in [7, 11) is 0. The number of allylic oxidation sites excluding steroid dienone is 2. The van der Waals surface area contributed by atoms with Crippen LogP contribution in [0.1, 0.15) is 17.5 Å². The first kappa shape index (κ1) is 22.8. The molecule has 1 aliphatic heterocycles. The van der Waals surface area contributed by atoms with Crippen molar-refractivity contribution in [2.45, 2.75) is 12.6 Å². The maximum absolute atomic E-state index is 13.1. The Morgan fingerprint density at radius 2 is 1.77 bits per heavy atom. The number of para-hydroxylation sites is 1. The number of nitrogens with one attached hydrogen (secondary N) is 1. The fraction of sp³-hybridized carbons (Fsp3) is 0.136. The van der Waals surface area contributed by atoms with Gasteiger partial charge in [-0.2, -0.15) is 13.2 Å². The molecule has 4 nitrogen and oxygen atoms in total. The van der Waals surface area contributed by atoms with E-state index in [-0.39, 0.29) is 24.6 Å². The van der Waals surface area contributed by atoms with Gasteiger partial charge < -0.3 is 5.32 Å². The number of anilines is 1. The Balaban J connectivity index is 1.59. The lowest BCUT2D eigenvalue weighted by Crippen LogP contribution is -2.31. The van der Waals surface area contributed by atoms with E-state index in [4.69, 9.17) is 12.2 Å². The van der Waals surface area contributed by atoms with Crippen LogP contribution in [0.5, 0.6) is 0 Å². The second-order valence-corrected chi connectivity index (χ2v) is 8.14. The molecule has 1 aliphatic rings. The lowest BCUT2D eigenvalue weighted by Gasteiger charge is -2.16. The van der Waals surface area contributed by atoms with E-state index in [9.17, 15) is 22.8 Å². The first-order chi connectivity index (χ1) is 14.8. The predicted octanol–water partition coefficient (Wildman–Crippen LogP) is 5.49. The van der Waals surface area contributed by atoms with Gasteiger partial charge in [0.05, 0.1) is 16.2 Å². The van der Waals surface area contributed by atoms with Crippen LogP contribution in [-0.2, 0) is 15.8 Å². The van der Waals surface area contributed by atoms with Gasteiger partial charge in [-0.15, -0.1) is 0 Å². The highest BCUT2D eigenvalue weighted by Gasteiger charge is 2.34. The smallest absolute Gasteiger partial charge is 0.325 e. The average molecular weight is 463 g/mol. The van der Waals surface area contributed by atoms with Gasteiger partial charge in [-0.05, 0) is 23.8 Å². The Hall–Kier alpha value is -2.91. The minimum absolute atomic E-state index is 0.0234. The molecule has 1 N–H and O–H groups in total. The molecule has 0 unspecified atom stereocenters. The number of thioether (sulfide) groups is 1. The summed E-state index contributed by atoms with van der Waals surface area (Å²) in [5.41, 5.74) is -0.275. The van der Waals surface area contributed by atoms with Crippen LogP contribution in [0.25, 0.3) is 6.08 Å². The molecule has 9 heteroatoms. The number of amides is 2. The van der Waals surface area contributed by atoms with Gasteiger partial charge in [0.2, 0.25) is 5.91 Å². The van der Waals surface area contributed by atoms with Crippen LogP contribution in [0, 0.1) is 0 Å². The van der Waals surface area contributed by atoms with Crippen LogP contribution in [-0.4, -0.2) is 27.6 Å². The number of carbonyl (C=O) groups is 2. The Bertz CT molecular complexity index is 1050. The zero-order chi connectivity index (χ0) is 22.4. The second-order valence-electron chi connectivity index (χ2n) is 6.47. The Kier molecular flexibility index (Phi) is 7.29. The van der Waals surface area contributed by atoms with Crippen molar-refractivity contribution in [3.63, 3.8) is 0 Å². The topological polar surface area (TPSA) is 49.4 Å². The monoisotopic (exact) mass is 462 g/mol. The first-order valence-corrected chi connectivity index (χ1v) is 10.4. The third-order valence-electron chi connectivity index (χ3n) is 4.28. The zero-order valence-electron chi connectivity index (χ0n) is 16.1. The predicted molar refractivity (Wildman–Crippen MR) is 120 cm³/mol. The number of hydrogen-bond acceptors (Lipinski definition) is 4. The molecule has 0 radical (unpaired) electrons. The quantitative estimate of drug-likeness (QED) is 0.456. The van der Waals surface area contributed by atoms with Gasteiger partial charge in [-0.25, -0.2) is 0 Å². The molecule has 2 amide bonds. The molecule has 3 rings (SSSR count). The van der Waals surface area contributed by atoms with Crippen LogP contribution in [0.3, 0.4) is 0 Å². The largest absolute Gasteiger partial charge is 0.418 e. The van der Waals surface area contributed by atoms with E-state index >= 15 is 0 Å². The first-order valence-electron chi connectivity index (χ1n) is 9.19. The van der Waals surface area contributed by atoms with Crippen molar-refractivity contribution >= 4 is 51.9 Å². The van der Waals surface area contributed by atoms with Crippen LogP contribution >= 0.6 is 24.0 Å². The maximum atomic E-state index is 13.1. The number of halogens is 3. The fourth-order valence-corrected chi connectivity index (χ4v) is 4.04. The average Bonchev–Trinajstić information content (AvgIpc) is 2.99. The summed E-state index contributed by atoms with van der Waals surface area (Å²) >= 11 is 6.33. The zero-order valence-corrected chi connectivity index (χ0v) is 17.7. The minimum Gasteiger partial charge on any atom is -0.325 e. The summed E-state index contributed by atoms with van der Waals surface area (Å²) in [5.74, 6) is -0.977. The molecule has 160 valence electrons. The van der Waals surface area contributed by atoms with E-state index < -0.39 is 17.6 Å². The third kappa shape index (κ3) is 6.05. The molecule has 0 saturated carbocycles. The van der Waals surface area contributed by atoms with E-state index in [1.165, 1.54) is 23.1 Å². The van der Waals surface area contributed by atoms with Crippen molar-refractivity contribution in [3.8, 4) is 0 Å². The van der Waals surface area contributed by atoms with Crippen molar-refractivity contribution < 1.29 is 22.8 Å². The van der Waals surface area contributed by atoms with Crippen LogP contribution in [0.2, 0.25) is 0 Å². The molecule has 0 atom stereocenters. The van der Waals surface area contributed by atoms with Gasteiger partial charge in [-0.3, -0.25) is 14.5 Å². The highest BCUT2D eigenvalue weighted by Crippen LogP contribution is 2.35. The third-order valence-corrected chi connectivity index (χ3v) is 5.67. The van der Waals surface area contributed by atoms with Crippen LogP contribution < -0.4 is 5.32 Å². The van der Waals surface area contributed by atoms with Crippen LogP contribution in [0.15, 0.2) is 71.7 Å². The molecule has 2 aromatic rings. The number of nitrogens with zero attached hydrogens (tertiary/aromatic N) is 1. The minimum atomic E-state index is -4.58. The van der Waals surface area contributed by atoms with E-state index in [1.54, 1.807) is 12.2 Å². The van der Waals surface area contributed by atoms with Gasteiger partial charge in [0.15, 0.2) is 0 Å². The summed E-state index contributed by atoms with van der Waals surface area (Å²) in [6, 6.07) is 14.3. The summed E-state index contributed by atoms with van der Waals surface area (Å²) < 4.78 is 39.4. The Morgan fingerprint density at radius 3 is 2.48 bits per heavy atom. The number of thiocarbonyl (C=S) groups is 1. The standard InChI is InChI=1S/C22H17F3N2O2S2/c23-22(24,25)16-10-4-5-11-17(16)26-19(28)13-14-27-20(29)18(31-21(27)30)12-6-9-15-7-2-1-3-8-15/h1-12H,13-14H2,(H,26,28). The molecular formula is C22H17F3N2O2S2. The van der Waals surface area contributed by atoms with Crippen molar-refractivity contribution in [2.24, 2.45) is 0 Å². The summed E-state index contributed by atoms with van der Waals surface area (Å²) in [6.45, 7) is -0.0234. The normalized spacial score (nSPS) is 15.8. The second kappa shape index (κ2) is 9.93. The van der Waals surface area contributed by atoms with Crippen molar-refractivity contribution in [2.75, 3.05) is 11.9 Å². The molecule has 0 aromatic heterocycles. The Morgan fingerprint density at radius 1 is 1.10 bits per heavy atom. The van der Waals surface area contributed by atoms with E-state index in [0.717, 1.165) is 23.4 Å². The molecule has 1 heterocycles. The Labute approximate surface area is 186 Å². The van der Waals surface area contributed by atoms with Crippen molar-refractivity contribution in [1.29, 1.82) is 0 Å². The number of benzene rings is 2. The number of carbonyl (C=O) groups excluding carboxylic acids is 2. The van der Waals surface area contributed by atoms with Gasteiger partial charge in [0.1, 0.15) is 4.32 Å². The molecule has 1 saturated heterocycles. The molecule has 0 spiro atoms. The number of rotatable bonds is 6. The van der Waals surface area contributed by atoms with Gasteiger partial charge in [-0.1, -0.05) is 78.6 Å². The number of alkyl halides is 3. The van der Waals surface area contributed by atoms with Gasteiger partial charge in [0.25, 0.3) is 5.91 Å². The molecule has 0 aliphatic carbocycles. The summed E-state index contributed by atoms with van der Waals surface area (Å²) in [5, 5.41) is 2.26. The molecule has 0 bridgehead atoms. The highest BCUT2D eigenvalue weighted by molar-refractivity contribution is 8.26. The van der Waals surface area contributed by atoms with Gasteiger partial charge >= 0.3 is 6.18 Å². The lowest BCUT2D eigenvalue weighted by atomic mass is 10.1. The van der Waals surface area contributed by atoms with Crippen molar-refractivity contribution in [1.82, 2.24) is 4.90 Å². The maximum Gasteiger partial charge on any atom is 0.418 e. The van der Waals surface area contributed by atoms with Crippen LogP contribution in [0.4, 0.5) is 18.9 Å². The van der Waals surface area contributed by atoms with E-state index in [2.05, 4.69) is 5.32 Å². The lowest BCUT2D eigenvalue weighted by molar-refractivity contribution is -0.137.